The van der Waals surface area contributed by atoms with Crippen molar-refractivity contribution in [3.8, 4) is 0 Å². The highest BCUT2D eigenvalue weighted by Gasteiger charge is 2.23. The largest absolute Gasteiger partial charge is 0.465 e. The molecule has 0 aliphatic carbocycles. The fourth-order valence-electron chi connectivity index (χ4n) is 2.22. The molecule has 7 nitrogen and oxygen atoms in total. The van der Waals surface area contributed by atoms with E-state index < -0.39 is 17.8 Å². The number of piperidine rings is 1. The van der Waals surface area contributed by atoms with Crippen molar-refractivity contribution in [3.05, 3.63) is 0 Å². The van der Waals surface area contributed by atoms with Crippen LogP contribution in [0.25, 0.3) is 0 Å². The first-order chi connectivity index (χ1) is 9.67. The molecule has 122 valence electrons. The second-order valence-electron chi connectivity index (χ2n) is 6.52. The number of rotatable bonds is 4. The molecule has 2 atom stereocenters. The number of carbonyl (C=O) groups excluding carboxylic acids is 1. The molecule has 0 aromatic rings. The number of carboxylic acid groups (broad SMARTS) is 1. The molecule has 1 heterocycles. The van der Waals surface area contributed by atoms with Crippen molar-refractivity contribution in [2.45, 2.75) is 58.2 Å². The number of nitrogens with zero attached hydrogens (tertiary/aromatic N) is 1. The summed E-state index contributed by atoms with van der Waals surface area (Å²) in [6, 6.07) is 0.0535. The highest BCUT2D eigenvalue weighted by Crippen LogP contribution is 2.10. The van der Waals surface area contributed by atoms with Gasteiger partial charge in [0.05, 0.1) is 0 Å². The van der Waals surface area contributed by atoms with Gasteiger partial charge in [-0.1, -0.05) is 0 Å². The van der Waals surface area contributed by atoms with Crippen molar-refractivity contribution in [1.82, 2.24) is 15.5 Å². The van der Waals surface area contributed by atoms with E-state index in [1.54, 1.807) is 0 Å². The standard InChI is InChI=1S/C14H27N3O4/c1-10(16-12(18)21-14(2,3)4)8-15-11-6-5-7-17(9-11)13(19)20/h10-11,15H,5-9H2,1-4H3,(H,16,18)(H,19,20)/t10-,11?/m1/s1. The molecular formula is C14H27N3O4. The van der Waals surface area contributed by atoms with Gasteiger partial charge in [-0.25, -0.2) is 9.59 Å². The summed E-state index contributed by atoms with van der Waals surface area (Å²) < 4.78 is 5.18. The predicted molar refractivity (Wildman–Crippen MR) is 79.5 cm³/mol. The van der Waals surface area contributed by atoms with Gasteiger partial charge in [-0.05, 0) is 40.5 Å². The van der Waals surface area contributed by atoms with E-state index in [2.05, 4.69) is 10.6 Å². The first-order valence-corrected chi connectivity index (χ1v) is 7.38. The molecule has 21 heavy (non-hydrogen) atoms. The molecule has 0 spiro atoms. The van der Waals surface area contributed by atoms with E-state index in [-0.39, 0.29) is 12.1 Å². The molecular weight excluding hydrogens is 274 g/mol. The van der Waals surface area contributed by atoms with Gasteiger partial charge in [0.2, 0.25) is 0 Å². The average molecular weight is 301 g/mol. The number of ether oxygens (including phenoxy) is 1. The van der Waals surface area contributed by atoms with Gasteiger partial charge in [0.25, 0.3) is 0 Å². The summed E-state index contributed by atoms with van der Waals surface area (Å²) >= 11 is 0. The lowest BCUT2D eigenvalue weighted by Crippen LogP contribution is -2.51. The molecule has 1 aliphatic heterocycles. The molecule has 2 amide bonds. The zero-order valence-electron chi connectivity index (χ0n) is 13.3. The Balaban J connectivity index is 2.28. The van der Waals surface area contributed by atoms with Gasteiger partial charge in [-0.3, -0.25) is 0 Å². The number of amides is 2. The van der Waals surface area contributed by atoms with Crippen molar-refractivity contribution >= 4 is 12.2 Å². The smallest absolute Gasteiger partial charge is 0.407 e. The second-order valence-corrected chi connectivity index (χ2v) is 6.52. The van der Waals surface area contributed by atoms with E-state index in [1.807, 2.05) is 27.7 Å². The number of nitrogens with one attached hydrogen (secondary N) is 2. The van der Waals surface area contributed by atoms with Gasteiger partial charge < -0.3 is 25.4 Å². The maximum Gasteiger partial charge on any atom is 0.407 e. The van der Waals surface area contributed by atoms with Crippen LogP contribution in [0.3, 0.4) is 0 Å². The summed E-state index contributed by atoms with van der Waals surface area (Å²) in [6.07, 6.45) is 0.495. The molecule has 3 N–H and O–H groups in total. The lowest BCUT2D eigenvalue weighted by Gasteiger charge is -2.32. The Morgan fingerprint density at radius 3 is 2.67 bits per heavy atom. The van der Waals surface area contributed by atoms with Crippen molar-refractivity contribution in [1.29, 1.82) is 0 Å². The fraction of sp³-hybridized carbons (Fsp3) is 0.857. The summed E-state index contributed by atoms with van der Waals surface area (Å²) in [5, 5.41) is 15.0. The third-order valence-electron chi connectivity index (χ3n) is 3.17. The van der Waals surface area contributed by atoms with Crippen LogP contribution in [0.1, 0.15) is 40.5 Å². The van der Waals surface area contributed by atoms with E-state index in [4.69, 9.17) is 9.84 Å². The maximum absolute atomic E-state index is 11.6. The second kappa shape index (κ2) is 7.49. The molecule has 0 aromatic heterocycles. The summed E-state index contributed by atoms with van der Waals surface area (Å²) in [5.74, 6) is 0. The van der Waals surface area contributed by atoms with E-state index in [1.165, 1.54) is 4.90 Å². The highest BCUT2D eigenvalue weighted by atomic mass is 16.6. The van der Waals surface area contributed by atoms with Gasteiger partial charge in [0.15, 0.2) is 0 Å². The minimum atomic E-state index is -0.874. The number of alkyl carbamates (subject to hydrolysis) is 1. The molecule has 1 aliphatic rings. The van der Waals surface area contributed by atoms with Crippen LogP contribution in [0, 0.1) is 0 Å². The first kappa shape index (κ1) is 17.6. The molecule has 0 radical (unpaired) electrons. The van der Waals surface area contributed by atoms with Crippen LogP contribution >= 0.6 is 0 Å². The van der Waals surface area contributed by atoms with Gasteiger partial charge in [-0.15, -0.1) is 0 Å². The van der Waals surface area contributed by atoms with E-state index >= 15 is 0 Å². The van der Waals surface area contributed by atoms with Crippen LogP contribution in [-0.4, -0.2) is 59.5 Å². The average Bonchev–Trinajstić information content (AvgIpc) is 2.34. The minimum Gasteiger partial charge on any atom is -0.465 e. The number of carbonyl (C=O) groups is 2. The van der Waals surface area contributed by atoms with Gasteiger partial charge >= 0.3 is 12.2 Å². The van der Waals surface area contributed by atoms with E-state index in [0.717, 1.165) is 12.8 Å². The lowest BCUT2D eigenvalue weighted by molar-refractivity contribution is 0.0507. The summed E-state index contributed by atoms with van der Waals surface area (Å²) in [5.41, 5.74) is -0.511. The third-order valence-corrected chi connectivity index (χ3v) is 3.17. The normalized spacial score (nSPS) is 20.8. The molecule has 1 saturated heterocycles. The monoisotopic (exact) mass is 301 g/mol. The summed E-state index contributed by atoms with van der Waals surface area (Å²) in [6.45, 7) is 9.01. The van der Waals surface area contributed by atoms with Gasteiger partial charge in [0.1, 0.15) is 5.60 Å². The Morgan fingerprint density at radius 2 is 2.10 bits per heavy atom. The van der Waals surface area contributed by atoms with Crippen LogP contribution in [0.2, 0.25) is 0 Å². The first-order valence-electron chi connectivity index (χ1n) is 7.38. The van der Waals surface area contributed by atoms with Crippen LogP contribution in [0.4, 0.5) is 9.59 Å². The predicted octanol–water partition coefficient (Wildman–Crippen LogP) is 1.63. The number of likely N-dealkylation sites (tertiary alicyclic amines) is 1. The van der Waals surface area contributed by atoms with Crippen LogP contribution in [0.15, 0.2) is 0 Å². The summed E-state index contributed by atoms with van der Waals surface area (Å²) in [7, 11) is 0. The van der Waals surface area contributed by atoms with Gasteiger partial charge in [0, 0.05) is 31.7 Å². The van der Waals surface area contributed by atoms with Crippen molar-refractivity contribution in [3.63, 3.8) is 0 Å². The zero-order chi connectivity index (χ0) is 16.0. The molecule has 0 saturated carbocycles. The van der Waals surface area contributed by atoms with Crippen LogP contribution in [0.5, 0.6) is 0 Å². The van der Waals surface area contributed by atoms with Crippen LogP contribution < -0.4 is 10.6 Å². The van der Waals surface area contributed by atoms with E-state index in [9.17, 15) is 9.59 Å². The fourth-order valence-corrected chi connectivity index (χ4v) is 2.22. The topological polar surface area (TPSA) is 90.9 Å². The number of hydrogen-bond donors (Lipinski definition) is 3. The Labute approximate surface area is 126 Å². The van der Waals surface area contributed by atoms with Gasteiger partial charge in [-0.2, -0.15) is 0 Å². The van der Waals surface area contributed by atoms with Crippen molar-refractivity contribution in [2.24, 2.45) is 0 Å². The lowest BCUT2D eigenvalue weighted by atomic mass is 10.1. The van der Waals surface area contributed by atoms with Crippen LogP contribution in [-0.2, 0) is 4.74 Å². The van der Waals surface area contributed by atoms with Crippen molar-refractivity contribution < 1.29 is 19.4 Å². The maximum atomic E-state index is 11.6. The Bertz CT molecular complexity index is 368. The molecule has 1 unspecified atom stereocenters. The Hall–Kier alpha value is -1.50. The Morgan fingerprint density at radius 1 is 1.43 bits per heavy atom. The third kappa shape index (κ3) is 7.17. The molecule has 1 fully saturated rings. The molecule has 0 aromatic carbocycles. The molecule has 0 bridgehead atoms. The van der Waals surface area contributed by atoms with Crippen molar-refractivity contribution in [2.75, 3.05) is 19.6 Å². The zero-order valence-corrected chi connectivity index (χ0v) is 13.3. The molecule has 7 heteroatoms. The quantitative estimate of drug-likeness (QED) is 0.734. The summed E-state index contributed by atoms with van der Waals surface area (Å²) in [4.78, 5) is 24.0. The SMILES string of the molecule is C[C@H](CNC1CCCN(C(=O)O)C1)NC(=O)OC(C)(C)C. The number of hydrogen-bond acceptors (Lipinski definition) is 4. The molecule has 1 rings (SSSR count). The Kier molecular flexibility index (Phi) is 6.26. The minimum absolute atomic E-state index is 0.0833. The van der Waals surface area contributed by atoms with E-state index in [0.29, 0.717) is 19.6 Å². The highest BCUT2D eigenvalue weighted by molar-refractivity contribution is 5.68.